The largest absolute Gasteiger partial charge is 0.496 e. The van der Waals surface area contributed by atoms with Crippen molar-refractivity contribution in [1.29, 1.82) is 0 Å². The van der Waals surface area contributed by atoms with Gasteiger partial charge in [0.2, 0.25) is 5.43 Å². The Balaban J connectivity index is 2.02. The van der Waals surface area contributed by atoms with Crippen LogP contribution in [0.3, 0.4) is 0 Å². The van der Waals surface area contributed by atoms with E-state index in [2.05, 4.69) is 0 Å². The van der Waals surface area contributed by atoms with Gasteiger partial charge in [-0.25, -0.2) is 0 Å². The first-order chi connectivity index (χ1) is 14.7. The average molecular weight is 413 g/mol. The van der Waals surface area contributed by atoms with E-state index in [4.69, 9.17) is 9.47 Å². The van der Waals surface area contributed by atoms with Crippen LogP contribution in [-0.4, -0.2) is 23.1 Å². The van der Waals surface area contributed by atoms with Gasteiger partial charge >= 0.3 is 0 Å². The number of methoxy groups -OCH3 is 1. The van der Waals surface area contributed by atoms with Crippen LogP contribution < -0.4 is 14.9 Å². The first kappa shape index (κ1) is 19.4. The molecule has 1 aromatic heterocycles. The Hall–Kier alpha value is -3.60. The summed E-state index contributed by atoms with van der Waals surface area (Å²) in [4.78, 5) is 26.0. The van der Waals surface area contributed by atoms with Gasteiger partial charge in [0.1, 0.15) is 17.1 Å². The second-order valence-corrected chi connectivity index (χ2v) is 8.55. The fourth-order valence-corrected chi connectivity index (χ4v) is 4.71. The van der Waals surface area contributed by atoms with Crippen LogP contribution in [0.25, 0.3) is 38.7 Å². The van der Waals surface area contributed by atoms with Crippen molar-refractivity contribution in [2.24, 2.45) is 7.05 Å². The number of hydrogen-bond acceptors (Lipinski definition) is 4. The van der Waals surface area contributed by atoms with Gasteiger partial charge in [0, 0.05) is 29.6 Å². The van der Waals surface area contributed by atoms with Crippen LogP contribution in [0.15, 0.2) is 52.8 Å². The lowest BCUT2D eigenvalue weighted by molar-refractivity contribution is -0.115. The number of carbonyl (C=O) groups excluding carboxylic acids is 1. The van der Waals surface area contributed by atoms with Gasteiger partial charge in [0.05, 0.1) is 23.5 Å². The van der Waals surface area contributed by atoms with E-state index in [0.29, 0.717) is 33.4 Å². The average Bonchev–Trinajstić information content (AvgIpc) is 2.73. The molecule has 5 nitrogen and oxygen atoms in total. The van der Waals surface area contributed by atoms with E-state index < -0.39 is 5.60 Å². The van der Waals surface area contributed by atoms with Crippen molar-refractivity contribution < 1.29 is 14.3 Å². The SMILES string of the molecule is COc1cc2c(c3c1c(=O)c1cc4ccccc4cc1n3C)C=C(C(C)=O)C(C)(C)O2. The quantitative estimate of drug-likeness (QED) is 0.434. The minimum atomic E-state index is -0.774. The van der Waals surface area contributed by atoms with Gasteiger partial charge in [-0.15, -0.1) is 0 Å². The smallest absolute Gasteiger partial charge is 0.201 e. The Kier molecular flexibility index (Phi) is 4.03. The third-order valence-electron chi connectivity index (χ3n) is 6.20. The van der Waals surface area contributed by atoms with Crippen molar-refractivity contribution in [3.8, 4) is 11.5 Å². The van der Waals surface area contributed by atoms with Crippen molar-refractivity contribution in [3.05, 3.63) is 63.8 Å². The molecule has 0 radical (unpaired) electrons. The van der Waals surface area contributed by atoms with Crippen molar-refractivity contribution in [1.82, 2.24) is 4.57 Å². The fourth-order valence-electron chi connectivity index (χ4n) is 4.71. The number of ketones is 1. The highest BCUT2D eigenvalue weighted by Gasteiger charge is 2.35. The standard InChI is InChI=1S/C26H23NO4/c1-14(28)19-12-18-21(31-26(19,2)3)13-22(30-5)23-24(18)27(4)20-11-16-9-7-6-8-15(16)10-17(20)25(23)29/h6-13H,1-5H3. The summed E-state index contributed by atoms with van der Waals surface area (Å²) in [5.74, 6) is 0.991. The number of carbonyl (C=O) groups is 1. The molecule has 156 valence electrons. The molecule has 0 amide bonds. The summed E-state index contributed by atoms with van der Waals surface area (Å²) < 4.78 is 13.9. The molecule has 5 rings (SSSR count). The fraction of sp³-hybridized carbons (Fsp3) is 0.231. The lowest BCUT2D eigenvalue weighted by Crippen LogP contribution is -2.36. The molecule has 5 heteroatoms. The second-order valence-electron chi connectivity index (χ2n) is 8.55. The number of pyridine rings is 1. The van der Waals surface area contributed by atoms with E-state index in [0.717, 1.165) is 21.9 Å². The van der Waals surface area contributed by atoms with Crippen molar-refractivity contribution in [2.45, 2.75) is 26.4 Å². The normalized spacial score (nSPS) is 14.9. The van der Waals surface area contributed by atoms with Gasteiger partial charge in [-0.05, 0) is 49.8 Å². The van der Waals surface area contributed by atoms with Crippen LogP contribution in [0, 0.1) is 0 Å². The summed E-state index contributed by atoms with van der Waals surface area (Å²) in [6.07, 6.45) is 1.86. The summed E-state index contributed by atoms with van der Waals surface area (Å²) >= 11 is 0. The number of aromatic nitrogens is 1. The molecule has 0 fully saturated rings. The molecule has 31 heavy (non-hydrogen) atoms. The maximum Gasteiger partial charge on any atom is 0.201 e. The third-order valence-corrected chi connectivity index (χ3v) is 6.20. The van der Waals surface area contributed by atoms with E-state index in [1.54, 1.807) is 13.2 Å². The number of Topliss-reactive ketones (excluding diaryl/α,β-unsaturated/α-hetero) is 1. The Bertz CT molecular complexity index is 1520. The van der Waals surface area contributed by atoms with Crippen LogP contribution in [0.5, 0.6) is 11.5 Å². The third kappa shape index (κ3) is 2.69. The number of fused-ring (bicyclic) bond motifs is 5. The molecule has 1 aliphatic rings. The number of benzene rings is 3. The molecule has 0 unspecified atom stereocenters. The molecule has 0 N–H and O–H groups in total. The molecule has 0 aliphatic carbocycles. The predicted molar refractivity (Wildman–Crippen MR) is 124 cm³/mol. The van der Waals surface area contributed by atoms with Crippen LogP contribution in [0.1, 0.15) is 26.3 Å². The van der Waals surface area contributed by atoms with E-state index in [1.165, 1.54) is 6.92 Å². The minimum absolute atomic E-state index is 0.0589. The highest BCUT2D eigenvalue weighted by atomic mass is 16.5. The highest BCUT2D eigenvalue weighted by molar-refractivity contribution is 6.08. The molecule has 0 saturated carbocycles. The lowest BCUT2D eigenvalue weighted by atomic mass is 9.88. The molecular formula is C26H23NO4. The zero-order chi connectivity index (χ0) is 22.1. The molecular weight excluding hydrogens is 390 g/mol. The second kappa shape index (κ2) is 6.45. The Labute approximate surface area is 179 Å². The van der Waals surface area contributed by atoms with Crippen LogP contribution in [0.2, 0.25) is 0 Å². The molecule has 3 aromatic carbocycles. The van der Waals surface area contributed by atoms with Gasteiger partial charge in [0.15, 0.2) is 5.78 Å². The van der Waals surface area contributed by atoms with E-state index in [9.17, 15) is 9.59 Å². The number of hydrogen-bond donors (Lipinski definition) is 0. The topological polar surface area (TPSA) is 57.5 Å². The van der Waals surface area contributed by atoms with Gasteiger partial charge in [-0.3, -0.25) is 9.59 Å². The summed E-state index contributed by atoms with van der Waals surface area (Å²) in [6, 6.07) is 13.7. The van der Waals surface area contributed by atoms with Crippen LogP contribution in [-0.2, 0) is 11.8 Å². The molecule has 0 spiro atoms. The number of nitrogens with zero attached hydrogens (tertiary/aromatic N) is 1. The van der Waals surface area contributed by atoms with E-state index >= 15 is 0 Å². The molecule has 0 bridgehead atoms. The van der Waals surface area contributed by atoms with E-state index in [-0.39, 0.29) is 11.2 Å². The first-order valence-electron chi connectivity index (χ1n) is 10.2. The van der Waals surface area contributed by atoms with Crippen molar-refractivity contribution in [2.75, 3.05) is 7.11 Å². The molecule has 4 aromatic rings. The lowest BCUT2D eigenvalue weighted by Gasteiger charge is -2.33. The van der Waals surface area contributed by atoms with Crippen molar-refractivity contribution in [3.63, 3.8) is 0 Å². The van der Waals surface area contributed by atoms with Gasteiger partial charge in [-0.1, -0.05) is 24.3 Å². The first-order valence-corrected chi connectivity index (χ1v) is 10.2. The predicted octanol–water partition coefficient (Wildman–Crippen LogP) is 5.00. The van der Waals surface area contributed by atoms with Gasteiger partial charge in [0.25, 0.3) is 0 Å². The van der Waals surface area contributed by atoms with Gasteiger partial charge < -0.3 is 14.0 Å². The molecule has 0 saturated heterocycles. The van der Waals surface area contributed by atoms with Crippen LogP contribution in [0.4, 0.5) is 0 Å². The highest BCUT2D eigenvalue weighted by Crippen LogP contribution is 2.43. The summed E-state index contributed by atoms with van der Waals surface area (Å²) in [5.41, 5.74) is 1.91. The maximum absolute atomic E-state index is 13.7. The summed E-state index contributed by atoms with van der Waals surface area (Å²) in [6.45, 7) is 5.27. The zero-order valence-electron chi connectivity index (χ0n) is 18.2. The molecule has 1 aliphatic heterocycles. The van der Waals surface area contributed by atoms with Crippen LogP contribution >= 0.6 is 0 Å². The number of aryl methyl sites for hydroxylation is 1. The molecule has 0 atom stereocenters. The maximum atomic E-state index is 13.7. The summed E-state index contributed by atoms with van der Waals surface area (Å²) in [5, 5.41) is 3.17. The Morgan fingerprint density at radius 2 is 1.77 bits per heavy atom. The van der Waals surface area contributed by atoms with Crippen molar-refractivity contribution >= 4 is 44.4 Å². The zero-order valence-corrected chi connectivity index (χ0v) is 18.2. The Morgan fingerprint density at radius 3 is 2.42 bits per heavy atom. The number of ether oxygens (including phenoxy) is 2. The summed E-state index contributed by atoms with van der Waals surface area (Å²) in [7, 11) is 3.48. The van der Waals surface area contributed by atoms with Gasteiger partial charge in [-0.2, -0.15) is 0 Å². The minimum Gasteiger partial charge on any atom is -0.496 e. The number of rotatable bonds is 2. The van der Waals surface area contributed by atoms with E-state index in [1.807, 2.05) is 67.9 Å². The molecule has 2 heterocycles. The Morgan fingerprint density at radius 1 is 1.10 bits per heavy atom. The monoisotopic (exact) mass is 413 g/mol.